The van der Waals surface area contributed by atoms with Gasteiger partial charge in [0, 0.05) is 0 Å². The molecule has 0 amide bonds. The zero-order chi connectivity index (χ0) is 0. The fourth-order valence-corrected chi connectivity index (χ4v) is 0. The minimum atomic E-state index is 0. The largest absolute Gasteiger partial charge is 2.00 e. The number of hydrogen-bond acceptors (Lipinski definition) is 0. The molecule has 0 atom stereocenters. The van der Waals surface area contributed by atoms with Crippen LogP contribution in [0.2, 0.25) is 0 Å². The van der Waals surface area contributed by atoms with Gasteiger partial charge in [0.1, 0.15) is 0 Å². The molecule has 0 saturated carbocycles. The number of hydrogen-bond donors (Lipinski definition) is 0. The third-order valence-corrected chi connectivity index (χ3v) is 0. The molecule has 0 nitrogen and oxygen atoms in total. The minimum Gasteiger partial charge on any atom is -1.00 e. The van der Waals surface area contributed by atoms with Gasteiger partial charge < -0.3 is 71.9 Å². The zero-order valence-corrected chi connectivity index (χ0v) is 13.5. The van der Waals surface area contributed by atoms with E-state index in [0.717, 1.165) is 0 Å². The van der Waals surface area contributed by atoms with Crippen molar-refractivity contribution in [3.63, 3.8) is 0 Å². The summed E-state index contributed by atoms with van der Waals surface area (Å²) < 4.78 is 0. The normalized spacial score (nSPS) is 0. The summed E-state index contributed by atoms with van der Waals surface area (Å²) in [6.07, 6.45) is 0. The molecule has 0 rings (SSSR count). The Kier molecular flexibility index (Phi) is 161. The maximum Gasteiger partial charge on any atom is 2.00 e. The summed E-state index contributed by atoms with van der Waals surface area (Å²) in [5.74, 6) is 0. The fourth-order valence-electron chi connectivity index (χ4n) is 0. The molecule has 5 heavy (non-hydrogen) atoms. The topological polar surface area (TPSA) is 0 Å². The second-order valence-corrected chi connectivity index (χ2v) is 0. The van der Waals surface area contributed by atoms with Crippen molar-refractivity contribution in [1.29, 1.82) is 0 Å². The van der Waals surface area contributed by atoms with Gasteiger partial charge in [-0.15, -0.1) is 0 Å². The summed E-state index contributed by atoms with van der Waals surface area (Å²) in [6.45, 7) is 0. The first kappa shape index (κ1) is 34.1. The summed E-state index contributed by atoms with van der Waals surface area (Å²) in [4.78, 5) is 0. The molecule has 0 saturated heterocycles. The van der Waals surface area contributed by atoms with Gasteiger partial charge in [0.25, 0.3) is 0 Å². The average molecular weight is 444 g/mol. The molecule has 24 valence electrons. The molecular formula is CaI3Na. The van der Waals surface area contributed by atoms with Gasteiger partial charge >= 0.3 is 67.3 Å². The van der Waals surface area contributed by atoms with Gasteiger partial charge in [-0.05, 0) is 0 Å². The van der Waals surface area contributed by atoms with E-state index in [2.05, 4.69) is 0 Å². The van der Waals surface area contributed by atoms with Gasteiger partial charge in [0.2, 0.25) is 0 Å². The van der Waals surface area contributed by atoms with Crippen LogP contribution in [0.3, 0.4) is 0 Å². The standard InChI is InChI=1S/Ca.3HI.Na/h;3*1H;/q+2;;;;+1/p-3. The van der Waals surface area contributed by atoms with E-state index in [1.807, 2.05) is 0 Å². The molecule has 0 aromatic rings. The fraction of sp³-hybridized carbons (Fsp3) is 0. The molecule has 0 unspecified atom stereocenters. The predicted octanol–water partition coefficient (Wildman–Crippen LogP) is -12.4. The molecule has 0 aliphatic rings. The molecule has 0 N–H and O–H groups in total. The van der Waals surface area contributed by atoms with Crippen molar-refractivity contribution >= 4 is 37.7 Å². The van der Waals surface area contributed by atoms with E-state index in [9.17, 15) is 0 Å². The molecule has 0 bridgehead atoms. The van der Waals surface area contributed by atoms with Crippen molar-refractivity contribution in [1.82, 2.24) is 0 Å². The summed E-state index contributed by atoms with van der Waals surface area (Å²) in [5, 5.41) is 0. The minimum absolute atomic E-state index is 0. The Hall–Kier alpha value is 4.45. The quantitative estimate of drug-likeness (QED) is 0.258. The van der Waals surface area contributed by atoms with Gasteiger partial charge in [-0.3, -0.25) is 0 Å². The van der Waals surface area contributed by atoms with Gasteiger partial charge in [0.05, 0.1) is 0 Å². The molecule has 0 fully saturated rings. The van der Waals surface area contributed by atoms with Crippen LogP contribution in [0.15, 0.2) is 0 Å². The van der Waals surface area contributed by atoms with Crippen LogP contribution < -0.4 is 101 Å². The third kappa shape index (κ3) is 17.8. The Balaban J connectivity index is 0. The predicted molar refractivity (Wildman–Crippen MR) is 5.75 cm³/mol. The van der Waals surface area contributed by atoms with Crippen LogP contribution in [0, 0.1) is 0 Å². The maximum absolute atomic E-state index is 0. The van der Waals surface area contributed by atoms with Gasteiger partial charge in [-0.25, -0.2) is 0 Å². The summed E-state index contributed by atoms with van der Waals surface area (Å²) in [5.41, 5.74) is 0. The van der Waals surface area contributed by atoms with Crippen LogP contribution in [-0.2, 0) is 0 Å². The molecular weight excluding hydrogens is 444 g/mol. The molecule has 0 aromatic heterocycles. The molecule has 5 heteroatoms. The van der Waals surface area contributed by atoms with Crippen molar-refractivity contribution in [2.24, 2.45) is 0 Å². The molecule has 0 heterocycles. The van der Waals surface area contributed by atoms with E-state index < -0.39 is 0 Å². The van der Waals surface area contributed by atoms with Crippen LogP contribution in [0.1, 0.15) is 0 Å². The molecule has 0 spiro atoms. The van der Waals surface area contributed by atoms with Crippen molar-refractivity contribution in [2.75, 3.05) is 0 Å². The van der Waals surface area contributed by atoms with E-state index in [4.69, 9.17) is 0 Å². The summed E-state index contributed by atoms with van der Waals surface area (Å²) in [6, 6.07) is 0. The Morgan fingerprint density at radius 2 is 0.600 bits per heavy atom. The van der Waals surface area contributed by atoms with Crippen LogP contribution in [0.5, 0.6) is 0 Å². The van der Waals surface area contributed by atoms with E-state index in [-0.39, 0.29) is 139 Å². The maximum atomic E-state index is 0. The summed E-state index contributed by atoms with van der Waals surface area (Å²) in [7, 11) is 0. The van der Waals surface area contributed by atoms with Gasteiger partial charge in [0.15, 0.2) is 0 Å². The Morgan fingerprint density at radius 1 is 0.600 bits per heavy atom. The van der Waals surface area contributed by atoms with E-state index >= 15 is 0 Å². The van der Waals surface area contributed by atoms with Crippen LogP contribution in [0.25, 0.3) is 0 Å². The Morgan fingerprint density at radius 3 is 0.600 bits per heavy atom. The van der Waals surface area contributed by atoms with Gasteiger partial charge in [-0.2, -0.15) is 0 Å². The zero-order valence-electron chi connectivity index (χ0n) is 2.84. The second-order valence-electron chi connectivity index (χ2n) is 0. The first-order valence-corrected chi connectivity index (χ1v) is 0. The molecule has 0 aromatic carbocycles. The van der Waals surface area contributed by atoms with Crippen LogP contribution >= 0.6 is 0 Å². The molecule has 0 aliphatic heterocycles. The van der Waals surface area contributed by atoms with Crippen molar-refractivity contribution in [3.05, 3.63) is 0 Å². The summed E-state index contributed by atoms with van der Waals surface area (Å²) >= 11 is 0. The first-order chi connectivity index (χ1) is 0. The van der Waals surface area contributed by atoms with E-state index in [1.54, 1.807) is 0 Å². The average Bonchev–Trinajstić information content (AvgIpc) is 0. The molecule has 0 aliphatic carbocycles. The van der Waals surface area contributed by atoms with Gasteiger partial charge in [-0.1, -0.05) is 0 Å². The van der Waals surface area contributed by atoms with Crippen molar-refractivity contribution in [2.45, 2.75) is 0 Å². The van der Waals surface area contributed by atoms with Crippen molar-refractivity contribution < 1.29 is 101 Å². The SMILES string of the molecule is [Ca+2].[I-].[I-].[I-].[Na+]. The van der Waals surface area contributed by atoms with E-state index in [0.29, 0.717) is 0 Å². The Bertz CT molecular complexity index is 6.85. The van der Waals surface area contributed by atoms with Crippen LogP contribution in [-0.4, -0.2) is 37.7 Å². The Labute approximate surface area is 135 Å². The van der Waals surface area contributed by atoms with Crippen LogP contribution in [0.4, 0.5) is 0 Å². The second kappa shape index (κ2) is 23.7. The molecule has 0 radical (unpaired) electrons. The number of rotatable bonds is 0. The van der Waals surface area contributed by atoms with E-state index in [1.165, 1.54) is 0 Å². The number of halogens is 3. The smallest absolute Gasteiger partial charge is 1.00 e. The van der Waals surface area contributed by atoms with Crippen molar-refractivity contribution in [3.8, 4) is 0 Å². The monoisotopic (exact) mass is 444 g/mol. The first-order valence-electron chi connectivity index (χ1n) is 0. The third-order valence-electron chi connectivity index (χ3n) is 0.